The number of rotatable bonds is 13. The topological polar surface area (TPSA) is 44.8 Å². The molecule has 6 aromatic rings. The molecule has 0 saturated carbocycles. The summed E-state index contributed by atoms with van der Waals surface area (Å²) in [5, 5.41) is 5.65. The van der Waals surface area contributed by atoms with Crippen LogP contribution in [0.15, 0.2) is 30.3 Å². The summed E-state index contributed by atoms with van der Waals surface area (Å²) in [5.74, 6) is 1.68. The Morgan fingerprint density at radius 3 is 2.23 bits per heavy atom. The van der Waals surface area contributed by atoms with Crippen molar-refractivity contribution in [3.63, 3.8) is 0 Å². The highest BCUT2D eigenvalue weighted by molar-refractivity contribution is 7.30. The number of hydrogen-bond acceptors (Lipinski definition) is 8. The maximum Gasteiger partial charge on any atom is 0.348 e. The summed E-state index contributed by atoms with van der Waals surface area (Å²) in [4.78, 5) is 18.5. The van der Waals surface area contributed by atoms with Crippen LogP contribution in [-0.4, -0.2) is 25.8 Å². The van der Waals surface area contributed by atoms with Crippen LogP contribution in [-0.2, 0) is 4.74 Å². The zero-order chi connectivity index (χ0) is 30.1. The summed E-state index contributed by atoms with van der Waals surface area (Å²) in [5.41, 5.74) is 0. The van der Waals surface area contributed by atoms with Crippen molar-refractivity contribution in [2.24, 2.45) is 0 Å². The van der Waals surface area contributed by atoms with Crippen molar-refractivity contribution in [3.8, 4) is 21.3 Å². The summed E-state index contributed by atoms with van der Waals surface area (Å²) < 4.78 is 21.8. The van der Waals surface area contributed by atoms with Crippen molar-refractivity contribution < 1.29 is 19.0 Å². The lowest BCUT2D eigenvalue weighted by atomic mass is 10.0. The number of carbonyl (C=O) groups excluding carboxylic acids is 1. The number of fused-ring (bicyclic) bond motifs is 4. The largest absolute Gasteiger partial charge is 0.493 e. The van der Waals surface area contributed by atoms with Gasteiger partial charge in [-0.3, -0.25) is 0 Å². The highest BCUT2D eigenvalue weighted by Gasteiger charge is 2.22. The zero-order valence-corrected chi connectivity index (χ0v) is 28.8. The Balaban J connectivity index is 1.35. The number of thiophene rings is 4. The van der Waals surface area contributed by atoms with Crippen molar-refractivity contribution in [2.45, 2.75) is 73.1 Å². The summed E-state index contributed by atoms with van der Waals surface area (Å²) >= 11 is 6.92. The van der Waals surface area contributed by atoms with E-state index in [4.69, 9.17) is 14.2 Å². The van der Waals surface area contributed by atoms with Crippen LogP contribution in [0.2, 0.25) is 0 Å². The lowest BCUT2D eigenvalue weighted by molar-refractivity contribution is 0.0503. The molecule has 0 spiro atoms. The quantitative estimate of drug-likeness (QED) is 0.0921. The van der Waals surface area contributed by atoms with Crippen LogP contribution in [0.25, 0.3) is 50.8 Å². The fraction of sp³-hybridized carbons (Fsp3) is 0.400. The molecule has 0 bridgehead atoms. The third kappa shape index (κ3) is 5.91. The number of esters is 1. The summed E-state index contributed by atoms with van der Waals surface area (Å²) in [6.45, 7) is 12.3. The molecule has 0 aliphatic carbocycles. The molecular weight excluding hydrogens is 613 g/mol. The van der Waals surface area contributed by atoms with Gasteiger partial charge in [0.15, 0.2) is 0 Å². The third-order valence-corrected chi connectivity index (χ3v) is 12.5. The second-order valence-corrected chi connectivity index (χ2v) is 15.5. The van der Waals surface area contributed by atoms with E-state index in [1.807, 2.05) is 19.9 Å². The molecule has 4 nitrogen and oxygen atoms in total. The molecule has 0 aliphatic heterocycles. The van der Waals surface area contributed by atoms with Gasteiger partial charge in [-0.1, -0.05) is 39.0 Å². The van der Waals surface area contributed by atoms with E-state index in [0.717, 1.165) is 50.6 Å². The van der Waals surface area contributed by atoms with E-state index in [-0.39, 0.29) is 5.97 Å². The number of aryl methyl sites for hydroxylation is 2. The van der Waals surface area contributed by atoms with Crippen LogP contribution in [0.3, 0.4) is 0 Å². The van der Waals surface area contributed by atoms with Crippen LogP contribution < -0.4 is 9.47 Å². The molecule has 0 fully saturated rings. The first-order valence-corrected chi connectivity index (χ1v) is 18.6. The van der Waals surface area contributed by atoms with Crippen molar-refractivity contribution in [1.82, 2.24) is 0 Å². The van der Waals surface area contributed by atoms with E-state index < -0.39 is 0 Å². The molecule has 2 aromatic carbocycles. The number of ether oxygens (including phenoxy) is 3. The summed E-state index contributed by atoms with van der Waals surface area (Å²) in [7, 11) is 0. The van der Waals surface area contributed by atoms with Gasteiger partial charge >= 0.3 is 5.97 Å². The molecule has 6 rings (SSSR count). The summed E-state index contributed by atoms with van der Waals surface area (Å²) in [6.07, 6.45) is 7.05. The van der Waals surface area contributed by atoms with Gasteiger partial charge in [-0.2, -0.15) is 0 Å². The molecule has 0 aliphatic rings. The number of unbranched alkanes of at least 4 members (excludes halogenated alkanes) is 5. The van der Waals surface area contributed by atoms with E-state index in [1.54, 1.807) is 45.3 Å². The molecule has 8 heteroatoms. The first-order chi connectivity index (χ1) is 20.9. The van der Waals surface area contributed by atoms with Gasteiger partial charge in [0.1, 0.15) is 16.4 Å². The third-order valence-electron chi connectivity index (χ3n) is 7.74. The van der Waals surface area contributed by atoms with Gasteiger partial charge in [-0.05, 0) is 69.8 Å². The minimum absolute atomic E-state index is 0.199. The average Bonchev–Trinajstić information content (AvgIpc) is 3.76. The molecule has 0 unspecified atom stereocenters. The predicted molar refractivity (Wildman–Crippen MR) is 189 cm³/mol. The SMILES string of the molecule is CCCCCCCCOC(=O)c1cc2c(-c3cc4cc5c(OCC)c6sc(C)cc6c(OCC)c5cc4s3)sc(C)c2s1. The maximum absolute atomic E-state index is 12.9. The van der Waals surface area contributed by atoms with Gasteiger partial charge in [-0.15, -0.1) is 45.3 Å². The molecule has 0 saturated heterocycles. The fourth-order valence-corrected chi connectivity index (χ4v) is 10.3. The lowest BCUT2D eigenvalue weighted by Crippen LogP contribution is -2.04. The van der Waals surface area contributed by atoms with Gasteiger partial charge in [0.2, 0.25) is 0 Å². The predicted octanol–water partition coefficient (Wildman–Crippen LogP) is 12.1. The highest BCUT2D eigenvalue weighted by Crippen LogP contribution is 2.50. The zero-order valence-electron chi connectivity index (χ0n) is 25.5. The molecule has 4 heterocycles. The van der Waals surface area contributed by atoms with Crippen molar-refractivity contribution in [1.29, 1.82) is 0 Å². The van der Waals surface area contributed by atoms with Gasteiger partial charge in [-0.25, -0.2) is 4.79 Å². The van der Waals surface area contributed by atoms with E-state index in [0.29, 0.717) is 24.7 Å². The Morgan fingerprint density at radius 1 is 0.698 bits per heavy atom. The van der Waals surface area contributed by atoms with Crippen molar-refractivity contribution >= 4 is 92.3 Å². The Hall–Kier alpha value is -2.65. The highest BCUT2D eigenvalue weighted by atomic mass is 32.1. The first kappa shape index (κ1) is 30.4. The van der Waals surface area contributed by atoms with Crippen molar-refractivity contribution in [3.05, 3.63) is 45.0 Å². The molecule has 43 heavy (non-hydrogen) atoms. The minimum atomic E-state index is -0.199. The van der Waals surface area contributed by atoms with Crippen LogP contribution in [0, 0.1) is 13.8 Å². The molecule has 0 atom stereocenters. The standard InChI is InChI=1S/C35H38O4S4/c1-6-9-10-11-12-13-14-39-35(36)29-19-26-32(43-29)21(5)41-33(26)28-17-22-16-23-24(18-27(22)42-28)30(37-7-2)25-15-20(4)40-34(25)31(23)38-8-3/h15-19H,6-14H2,1-5H3. The minimum Gasteiger partial charge on any atom is -0.493 e. The first-order valence-electron chi connectivity index (χ1n) is 15.3. The molecule has 226 valence electrons. The fourth-order valence-electron chi connectivity index (χ4n) is 5.76. The monoisotopic (exact) mass is 650 g/mol. The Labute approximate surface area is 269 Å². The van der Waals surface area contributed by atoms with Crippen LogP contribution in [0.5, 0.6) is 11.5 Å². The Morgan fingerprint density at radius 2 is 1.44 bits per heavy atom. The normalized spacial score (nSPS) is 11.8. The van der Waals surface area contributed by atoms with Gasteiger partial charge < -0.3 is 14.2 Å². The molecule has 0 amide bonds. The smallest absolute Gasteiger partial charge is 0.348 e. The number of hydrogen-bond donors (Lipinski definition) is 0. The maximum atomic E-state index is 12.9. The van der Waals surface area contributed by atoms with Crippen LogP contribution in [0.4, 0.5) is 0 Å². The van der Waals surface area contributed by atoms with Crippen LogP contribution >= 0.6 is 45.3 Å². The van der Waals surface area contributed by atoms with Crippen LogP contribution in [0.1, 0.15) is 78.7 Å². The number of benzene rings is 2. The second-order valence-electron chi connectivity index (χ2n) is 10.9. The molecular formula is C35H38O4S4. The van der Waals surface area contributed by atoms with Gasteiger partial charge in [0.05, 0.1) is 29.4 Å². The van der Waals surface area contributed by atoms with E-state index in [9.17, 15) is 4.79 Å². The van der Waals surface area contributed by atoms with Crippen molar-refractivity contribution in [2.75, 3.05) is 19.8 Å². The van der Waals surface area contributed by atoms with E-state index in [1.165, 1.54) is 60.0 Å². The lowest BCUT2D eigenvalue weighted by Gasteiger charge is -2.14. The summed E-state index contributed by atoms with van der Waals surface area (Å²) in [6, 6.07) is 11.1. The van der Waals surface area contributed by atoms with Gasteiger partial charge in [0, 0.05) is 45.6 Å². The Kier molecular flexibility index (Phi) is 9.29. The Bertz CT molecular complexity index is 1840. The number of carbonyl (C=O) groups is 1. The van der Waals surface area contributed by atoms with Gasteiger partial charge in [0.25, 0.3) is 0 Å². The average molecular weight is 651 g/mol. The second kappa shape index (κ2) is 13.1. The van der Waals surface area contributed by atoms with E-state index in [2.05, 4.69) is 45.0 Å². The molecule has 4 aromatic heterocycles. The molecule has 0 radical (unpaired) electrons. The van der Waals surface area contributed by atoms with E-state index >= 15 is 0 Å². The molecule has 0 N–H and O–H groups in total.